The van der Waals surface area contributed by atoms with E-state index in [2.05, 4.69) is 25.9 Å². The molecule has 0 radical (unpaired) electrons. The first-order valence-corrected chi connectivity index (χ1v) is 7.29. The summed E-state index contributed by atoms with van der Waals surface area (Å²) in [4.78, 5) is 12.2. The number of aromatic nitrogens is 4. The van der Waals surface area contributed by atoms with Crippen LogP contribution in [-0.4, -0.2) is 26.0 Å². The summed E-state index contributed by atoms with van der Waals surface area (Å²) in [6.45, 7) is 2.02. The number of nitrogens with zero attached hydrogens (tertiary/aromatic N) is 3. The van der Waals surface area contributed by atoms with Gasteiger partial charge >= 0.3 is 6.03 Å². The fourth-order valence-corrected chi connectivity index (χ4v) is 2.82. The van der Waals surface area contributed by atoms with Gasteiger partial charge in [-0.15, -0.1) is 0 Å². The van der Waals surface area contributed by atoms with E-state index >= 15 is 0 Å². The quantitative estimate of drug-likeness (QED) is 0.806. The molecule has 2 heterocycles. The molecule has 112 valence electrons. The van der Waals surface area contributed by atoms with Crippen molar-refractivity contribution >= 4 is 11.7 Å². The van der Waals surface area contributed by atoms with Gasteiger partial charge in [0.2, 0.25) is 0 Å². The molecular formula is C14H20N6O. The third kappa shape index (κ3) is 2.76. The number of nitrogens with one attached hydrogen (secondary N) is 3. The van der Waals surface area contributed by atoms with Crippen molar-refractivity contribution in [1.29, 1.82) is 0 Å². The normalized spacial score (nSPS) is 17.3. The molecule has 7 nitrogen and oxygen atoms in total. The maximum absolute atomic E-state index is 12.2. The first-order valence-electron chi connectivity index (χ1n) is 7.29. The van der Waals surface area contributed by atoms with E-state index in [0.717, 1.165) is 42.8 Å². The lowest BCUT2D eigenvalue weighted by Gasteiger charge is -2.22. The van der Waals surface area contributed by atoms with Gasteiger partial charge in [-0.2, -0.15) is 10.2 Å². The number of anilines is 1. The fourth-order valence-electron chi connectivity index (χ4n) is 2.82. The molecule has 0 bridgehead atoms. The molecule has 7 heteroatoms. The molecule has 3 N–H and O–H groups in total. The number of carbonyl (C=O) groups is 1. The predicted octanol–water partition coefficient (Wildman–Crippen LogP) is 1.90. The van der Waals surface area contributed by atoms with Crippen LogP contribution in [0.15, 0.2) is 12.4 Å². The van der Waals surface area contributed by atoms with Crippen molar-refractivity contribution in [2.24, 2.45) is 7.05 Å². The van der Waals surface area contributed by atoms with Gasteiger partial charge in [0.25, 0.3) is 0 Å². The highest BCUT2D eigenvalue weighted by Gasteiger charge is 2.23. The van der Waals surface area contributed by atoms with Gasteiger partial charge in [0.15, 0.2) is 0 Å². The molecule has 2 amide bonds. The van der Waals surface area contributed by atoms with Crippen molar-refractivity contribution in [2.75, 3.05) is 5.32 Å². The zero-order valence-corrected chi connectivity index (χ0v) is 12.3. The van der Waals surface area contributed by atoms with Gasteiger partial charge in [-0.25, -0.2) is 4.79 Å². The molecule has 0 spiro atoms. The van der Waals surface area contributed by atoms with Crippen molar-refractivity contribution < 1.29 is 4.79 Å². The zero-order chi connectivity index (χ0) is 14.8. The standard InChI is InChI=1S/C14H20N6O/c1-3-10-12(8-20(2)19-10)17-14(21)16-11-6-4-5-9-7-15-18-13(9)11/h7-8,11H,3-6H2,1-2H3,(H,15,18)(H2,16,17,21)/t11-/m0/s1. The van der Waals surface area contributed by atoms with Crippen LogP contribution in [0.3, 0.4) is 0 Å². The van der Waals surface area contributed by atoms with Gasteiger partial charge < -0.3 is 10.6 Å². The van der Waals surface area contributed by atoms with E-state index in [1.165, 1.54) is 5.56 Å². The second-order valence-electron chi connectivity index (χ2n) is 5.37. The number of hydrogen-bond acceptors (Lipinski definition) is 3. The minimum atomic E-state index is -0.204. The molecule has 0 aromatic carbocycles. The van der Waals surface area contributed by atoms with Gasteiger partial charge in [0.1, 0.15) is 0 Å². The summed E-state index contributed by atoms with van der Waals surface area (Å²) in [5.74, 6) is 0. The number of fused-ring (bicyclic) bond motifs is 1. The molecule has 1 atom stereocenters. The summed E-state index contributed by atoms with van der Waals surface area (Å²) in [6, 6.07) is -0.205. The second kappa shape index (κ2) is 5.59. The molecule has 0 unspecified atom stereocenters. The average molecular weight is 288 g/mol. The molecule has 3 rings (SSSR count). The highest BCUT2D eigenvalue weighted by atomic mass is 16.2. The van der Waals surface area contributed by atoms with Gasteiger partial charge in [-0.05, 0) is 31.2 Å². The number of hydrogen-bond donors (Lipinski definition) is 3. The number of amides is 2. The lowest BCUT2D eigenvalue weighted by Crippen LogP contribution is -2.34. The molecule has 0 saturated heterocycles. The van der Waals surface area contributed by atoms with Crippen LogP contribution in [0.1, 0.15) is 42.8 Å². The van der Waals surface area contributed by atoms with Gasteiger partial charge in [0.05, 0.1) is 29.3 Å². The number of aromatic amines is 1. The van der Waals surface area contributed by atoms with Crippen molar-refractivity contribution in [3.05, 3.63) is 29.3 Å². The number of urea groups is 1. The van der Waals surface area contributed by atoms with Crippen LogP contribution in [-0.2, 0) is 19.9 Å². The minimum Gasteiger partial charge on any atom is -0.330 e. The van der Waals surface area contributed by atoms with Crippen molar-refractivity contribution in [2.45, 2.75) is 38.6 Å². The minimum absolute atomic E-state index is 0.00185. The van der Waals surface area contributed by atoms with E-state index in [1.54, 1.807) is 4.68 Å². The van der Waals surface area contributed by atoms with Gasteiger partial charge in [-0.1, -0.05) is 6.92 Å². The fraction of sp³-hybridized carbons (Fsp3) is 0.500. The van der Waals surface area contributed by atoms with Crippen LogP contribution < -0.4 is 10.6 Å². The topological polar surface area (TPSA) is 87.6 Å². The van der Waals surface area contributed by atoms with E-state index < -0.39 is 0 Å². The number of aryl methyl sites for hydroxylation is 3. The molecule has 0 aliphatic heterocycles. The number of carbonyl (C=O) groups excluding carboxylic acids is 1. The second-order valence-corrected chi connectivity index (χ2v) is 5.37. The summed E-state index contributed by atoms with van der Waals surface area (Å²) >= 11 is 0. The smallest absolute Gasteiger partial charge is 0.319 e. The Morgan fingerprint density at radius 3 is 3.24 bits per heavy atom. The molecule has 1 aliphatic rings. The zero-order valence-electron chi connectivity index (χ0n) is 12.3. The van der Waals surface area contributed by atoms with Gasteiger partial charge in [-0.3, -0.25) is 9.78 Å². The van der Waals surface area contributed by atoms with Crippen molar-refractivity contribution in [3.8, 4) is 0 Å². The third-order valence-corrected chi connectivity index (χ3v) is 3.83. The Morgan fingerprint density at radius 2 is 2.43 bits per heavy atom. The maximum atomic E-state index is 12.2. The van der Waals surface area contributed by atoms with Crippen LogP contribution in [0.25, 0.3) is 0 Å². The summed E-state index contributed by atoms with van der Waals surface area (Å²) in [7, 11) is 1.85. The van der Waals surface area contributed by atoms with Crippen LogP contribution in [0.5, 0.6) is 0 Å². The highest BCUT2D eigenvalue weighted by Crippen LogP contribution is 2.27. The molecule has 0 fully saturated rings. The van der Waals surface area contributed by atoms with Crippen LogP contribution in [0.4, 0.5) is 10.5 Å². The molecule has 2 aromatic rings. The summed E-state index contributed by atoms with van der Waals surface area (Å²) in [5.41, 5.74) is 3.87. The Hall–Kier alpha value is -2.31. The van der Waals surface area contributed by atoms with E-state index in [9.17, 15) is 4.79 Å². The summed E-state index contributed by atoms with van der Waals surface area (Å²) < 4.78 is 1.71. The van der Waals surface area contributed by atoms with Crippen LogP contribution in [0, 0.1) is 0 Å². The maximum Gasteiger partial charge on any atom is 0.319 e. The van der Waals surface area contributed by atoms with Gasteiger partial charge in [0, 0.05) is 13.2 Å². The Morgan fingerprint density at radius 1 is 1.57 bits per heavy atom. The number of H-pyrrole nitrogens is 1. The van der Waals surface area contributed by atoms with E-state index in [1.807, 2.05) is 26.4 Å². The first kappa shape index (κ1) is 13.7. The van der Waals surface area contributed by atoms with Crippen LogP contribution in [0.2, 0.25) is 0 Å². The predicted molar refractivity (Wildman–Crippen MR) is 79.0 cm³/mol. The van der Waals surface area contributed by atoms with E-state index in [4.69, 9.17) is 0 Å². The lowest BCUT2D eigenvalue weighted by molar-refractivity contribution is 0.246. The Bertz CT molecular complexity index is 644. The van der Waals surface area contributed by atoms with E-state index in [0.29, 0.717) is 0 Å². The van der Waals surface area contributed by atoms with Crippen molar-refractivity contribution in [1.82, 2.24) is 25.3 Å². The number of rotatable bonds is 3. The average Bonchev–Trinajstić information content (AvgIpc) is 3.05. The molecular weight excluding hydrogens is 268 g/mol. The first-order chi connectivity index (χ1) is 10.2. The SMILES string of the molecule is CCc1nn(C)cc1NC(=O)N[C@H]1CCCc2cn[nH]c21. The Kier molecular flexibility index (Phi) is 3.64. The van der Waals surface area contributed by atoms with Crippen molar-refractivity contribution in [3.63, 3.8) is 0 Å². The molecule has 21 heavy (non-hydrogen) atoms. The lowest BCUT2D eigenvalue weighted by atomic mass is 9.94. The molecule has 2 aromatic heterocycles. The van der Waals surface area contributed by atoms with Crippen LogP contribution >= 0.6 is 0 Å². The van der Waals surface area contributed by atoms with E-state index in [-0.39, 0.29) is 12.1 Å². The monoisotopic (exact) mass is 288 g/mol. The summed E-state index contributed by atoms with van der Waals surface area (Å²) in [6.07, 6.45) is 7.46. The third-order valence-electron chi connectivity index (χ3n) is 3.83. The Balaban J connectivity index is 1.68. The highest BCUT2D eigenvalue weighted by molar-refractivity contribution is 5.90. The Labute approximate surface area is 123 Å². The largest absolute Gasteiger partial charge is 0.330 e. The molecule has 0 saturated carbocycles. The molecule has 1 aliphatic carbocycles. The summed E-state index contributed by atoms with van der Waals surface area (Å²) in [5, 5.41) is 17.3.